The van der Waals surface area contributed by atoms with E-state index in [2.05, 4.69) is 20.5 Å². The highest BCUT2D eigenvalue weighted by atomic mass is 16.1. The van der Waals surface area contributed by atoms with Crippen LogP contribution in [0.2, 0.25) is 0 Å². The topological polar surface area (TPSA) is 70.7 Å². The van der Waals surface area contributed by atoms with Gasteiger partial charge in [-0.2, -0.15) is 5.10 Å². The highest BCUT2D eigenvalue weighted by molar-refractivity contribution is 5.97. The summed E-state index contributed by atoms with van der Waals surface area (Å²) in [6.07, 6.45) is 5.12. The average molecular weight is 252 g/mol. The van der Waals surface area contributed by atoms with Gasteiger partial charge < -0.3 is 5.32 Å². The Morgan fingerprint density at radius 1 is 1.21 bits per heavy atom. The number of hydrogen-bond acceptors (Lipinski definition) is 3. The van der Waals surface area contributed by atoms with Gasteiger partial charge in [0.15, 0.2) is 0 Å². The fourth-order valence-electron chi connectivity index (χ4n) is 1.87. The lowest BCUT2D eigenvalue weighted by atomic mass is 10.1. The second-order valence-corrected chi connectivity index (χ2v) is 4.21. The lowest BCUT2D eigenvalue weighted by Crippen LogP contribution is -2.22. The number of rotatable bonds is 3. The molecule has 0 fully saturated rings. The standard InChI is InChI=1S/C14H12N4O/c19-14(16-8-10-3-5-15-6-4-10)11-1-2-13-12(7-11)9-17-18-13/h1-7,9H,8H2,(H,16,19)(H,17,18). The first kappa shape index (κ1) is 11.4. The van der Waals surface area contributed by atoms with E-state index in [0.29, 0.717) is 12.1 Å². The molecule has 2 N–H and O–H groups in total. The van der Waals surface area contributed by atoms with Crippen molar-refractivity contribution in [3.8, 4) is 0 Å². The van der Waals surface area contributed by atoms with Crippen molar-refractivity contribution >= 4 is 16.8 Å². The number of aromatic amines is 1. The van der Waals surface area contributed by atoms with E-state index < -0.39 is 0 Å². The van der Waals surface area contributed by atoms with Gasteiger partial charge in [0.1, 0.15) is 0 Å². The van der Waals surface area contributed by atoms with Crippen molar-refractivity contribution in [2.75, 3.05) is 0 Å². The maximum Gasteiger partial charge on any atom is 0.251 e. The molecule has 0 spiro atoms. The summed E-state index contributed by atoms with van der Waals surface area (Å²) in [6.45, 7) is 0.491. The van der Waals surface area contributed by atoms with Crippen LogP contribution in [0, 0.1) is 0 Å². The summed E-state index contributed by atoms with van der Waals surface area (Å²) in [5, 5.41) is 10.6. The summed E-state index contributed by atoms with van der Waals surface area (Å²) >= 11 is 0. The highest BCUT2D eigenvalue weighted by Crippen LogP contribution is 2.12. The molecule has 0 aliphatic rings. The minimum Gasteiger partial charge on any atom is -0.348 e. The van der Waals surface area contributed by atoms with Gasteiger partial charge in [-0.05, 0) is 35.9 Å². The second kappa shape index (κ2) is 4.89. The van der Waals surface area contributed by atoms with Crippen LogP contribution in [0.25, 0.3) is 10.9 Å². The molecular weight excluding hydrogens is 240 g/mol. The summed E-state index contributed by atoms with van der Waals surface area (Å²) in [7, 11) is 0. The molecule has 0 unspecified atom stereocenters. The Bertz CT molecular complexity index is 706. The van der Waals surface area contributed by atoms with Crippen LogP contribution in [0.4, 0.5) is 0 Å². The van der Waals surface area contributed by atoms with Crippen LogP contribution < -0.4 is 5.32 Å². The van der Waals surface area contributed by atoms with E-state index in [1.165, 1.54) is 0 Å². The van der Waals surface area contributed by atoms with Crippen molar-refractivity contribution in [3.05, 3.63) is 60.0 Å². The van der Waals surface area contributed by atoms with E-state index in [1.54, 1.807) is 24.7 Å². The highest BCUT2D eigenvalue weighted by Gasteiger charge is 2.06. The lowest BCUT2D eigenvalue weighted by molar-refractivity contribution is 0.0951. The molecule has 2 heterocycles. The molecule has 0 radical (unpaired) electrons. The molecule has 0 bridgehead atoms. The minimum absolute atomic E-state index is 0.0973. The molecule has 0 atom stereocenters. The monoisotopic (exact) mass is 252 g/mol. The smallest absolute Gasteiger partial charge is 0.251 e. The zero-order valence-electron chi connectivity index (χ0n) is 10.1. The van der Waals surface area contributed by atoms with Gasteiger partial charge in [0.25, 0.3) is 5.91 Å². The molecule has 5 heteroatoms. The van der Waals surface area contributed by atoms with Crippen molar-refractivity contribution in [1.29, 1.82) is 0 Å². The van der Waals surface area contributed by atoms with Crippen LogP contribution in [0.15, 0.2) is 48.9 Å². The van der Waals surface area contributed by atoms with Crippen molar-refractivity contribution in [2.45, 2.75) is 6.54 Å². The van der Waals surface area contributed by atoms with Gasteiger partial charge in [-0.1, -0.05) is 0 Å². The van der Waals surface area contributed by atoms with E-state index in [1.807, 2.05) is 24.3 Å². The first-order valence-electron chi connectivity index (χ1n) is 5.93. The molecule has 19 heavy (non-hydrogen) atoms. The van der Waals surface area contributed by atoms with Crippen molar-refractivity contribution in [1.82, 2.24) is 20.5 Å². The molecule has 3 rings (SSSR count). The molecule has 2 aromatic heterocycles. The molecule has 5 nitrogen and oxygen atoms in total. The van der Waals surface area contributed by atoms with Crippen LogP contribution in [0.1, 0.15) is 15.9 Å². The van der Waals surface area contributed by atoms with Gasteiger partial charge in [-0.25, -0.2) is 0 Å². The van der Waals surface area contributed by atoms with E-state index in [0.717, 1.165) is 16.5 Å². The first-order valence-corrected chi connectivity index (χ1v) is 5.93. The van der Waals surface area contributed by atoms with E-state index in [4.69, 9.17) is 0 Å². The van der Waals surface area contributed by atoms with Gasteiger partial charge in [0.05, 0.1) is 11.7 Å². The third-order valence-corrected chi connectivity index (χ3v) is 2.90. The summed E-state index contributed by atoms with van der Waals surface area (Å²) in [5.41, 5.74) is 2.57. The minimum atomic E-state index is -0.0973. The van der Waals surface area contributed by atoms with Gasteiger partial charge in [-0.15, -0.1) is 0 Å². The lowest BCUT2D eigenvalue weighted by Gasteiger charge is -2.05. The zero-order valence-corrected chi connectivity index (χ0v) is 10.1. The van der Waals surface area contributed by atoms with Crippen LogP contribution in [-0.2, 0) is 6.54 Å². The third kappa shape index (κ3) is 2.44. The van der Waals surface area contributed by atoms with Crippen LogP contribution >= 0.6 is 0 Å². The largest absolute Gasteiger partial charge is 0.348 e. The van der Waals surface area contributed by atoms with Gasteiger partial charge in [0.2, 0.25) is 0 Å². The molecule has 0 aliphatic carbocycles. The summed E-state index contributed by atoms with van der Waals surface area (Å²) in [6, 6.07) is 9.20. The van der Waals surface area contributed by atoms with Crippen LogP contribution in [-0.4, -0.2) is 21.1 Å². The summed E-state index contributed by atoms with van der Waals surface area (Å²) < 4.78 is 0. The number of benzene rings is 1. The molecule has 0 saturated heterocycles. The van der Waals surface area contributed by atoms with Gasteiger partial charge in [-0.3, -0.25) is 14.9 Å². The van der Waals surface area contributed by atoms with Gasteiger partial charge >= 0.3 is 0 Å². The number of nitrogens with zero attached hydrogens (tertiary/aromatic N) is 2. The quantitative estimate of drug-likeness (QED) is 0.747. The molecule has 1 aromatic carbocycles. The Morgan fingerprint density at radius 2 is 2.05 bits per heavy atom. The Hall–Kier alpha value is -2.69. The zero-order chi connectivity index (χ0) is 13.1. The number of H-pyrrole nitrogens is 1. The molecule has 0 saturated carbocycles. The number of aromatic nitrogens is 3. The number of hydrogen-bond donors (Lipinski definition) is 2. The molecule has 0 aliphatic heterocycles. The summed E-state index contributed by atoms with van der Waals surface area (Å²) in [5.74, 6) is -0.0973. The predicted octanol–water partition coefficient (Wildman–Crippen LogP) is 1.89. The molecule has 3 aromatic rings. The average Bonchev–Trinajstić information content (AvgIpc) is 2.93. The SMILES string of the molecule is O=C(NCc1ccncc1)c1ccc2[nH]ncc2c1. The van der Waals surface area contributed by atoms with Crippen LogP contribution in [0.5, 0.6) is 0 Å². The van der Waals surface area contributed by atoms with Crippen molar-refractivity contribution in [2.24, 2.45) is 0 Å². The number of pyridine rings is 1. The Morgan fingerprint density at radius 3 is 2.89 bits per heavy atom. The van der Waals surface area contributed by atoms with E-state index in [9.17, 15) is 4.79 Å². The van der Waals surface area contributed by atoms with Crippen molar-refractivity contribution in [3.63, 3.8) is 0 Å². The summed E-state index contributed by atoms with van der Waals surface area (Å²) in [4.78, 5) is 16.0. The third-order valence-electron chi connectivity index (χ3n) is 2.90. The number of carbonyl (C=O) groups excluding carboxylic acids is 1. The number of fused-ring (bicyclic) bond motifs is 1. The number of amides is 1. The van der Waals surface area contributed by atoms with E-state index >= 15 is 0 Å². The molecule has 1 amide bonds. The number of carbonyl (C=O) groups is 1. The molecular formula is C14H12N4O. The Balaban J connectivity index is 1.73. The maximum atomic E-state index is 12.0. The Labute approximate surface area is 109 Å². The predicted molar refractivity (Wildman–Crippen MR) is 71.5 cm³/mol. The van der Waals surface area contributed by atoms with Gasteiger partial charge in [0, 0.05) is 29.9 Å². The van der Waals surface area contributed by atoms with E-state index in [-0.39, 0.29) is 5.91 Å². The fraction of sp³-hybridized carbons (Fsp3) is 0.0714. The maximum absolute atomic E-state index is 12.0. The number of nitrogens with one attached hydrogen (secondary N) is 2. The fourth-order valence-corrected chi connectivity index (χ4v) is 1.87. The normalized spacial score (nSPS) is 10.5. The molecule has 94 valence electrons. The Kier molecular flexibility index (Phi) is 2.94. The first-order chi connectivity index (χ1) is 9.33. The second-order valence-electron chi connectivity index (χ2n) is 4.21. The van der Waals surface area contributed by atoms with Crippen LogP contribution in [0.3, 0.4) is 0 Å². The van der Waals surface area contributed by atoms with Crippen molar-refractivity contribution < 1.29 is 4.79 Å².